The van der Waals surface area contributed by atoms with Crippen LogP contribution >= 0.6 is 12.4 Å². The highest BCUT2D eigenvalue weighted by atomic mass is 35.5. The average Bonchev–Trinajstić information content (AvgIpc) is 3.36. The van der Waals surface area contributed by atoms with E-state index in [9.17, 15) is 15.0 Å². The van der Waals surface area contributed by atoms with Gasteiger partial charge in [0, 0.05) is 31.6 Å². The molecule has 1 spiro atoms. The molecular weight excluding hydrogens is 480 g/mol. The first kappa shape index (κ1) is 24.1. The summed E-state index contributed by atoms with van der Waals surface area (Å²) in [6.07, 6.45) is 9.47. The van der Waals surface area contributed by atoms with Crippen LogP contribution < -0.4 is 4.74 Å². The number of carbonyl (C=O) groups excluding carboxylic acids is 1. The summed E-state index contributed by atoms with van der Waals surface area (Å²) in [7, 11) is 1.87. The number of hydrogen-bond donors (Lipinski definition) is 2. The molecular formula is C28H35ClN2O5. The van der Waals surface area contributed by atoms with Crippen molar-refractivity contribution < 1.29 is 24.2 Å². The SMILES string of the molecule is CN(C(=O)CCc1ccoc1)[C@H]1CC[C@@]2(O)[C@H]3Cc4ccc(O)c5c4[C@@]2(CCN3CC2CC2)[C@H]1O5.Cl. The monoisotopic (exact) mass is 514 g/mol. The van der Waals surface area contributed by atoms with Crippen molar-refractivity contribution in [3.05, 3.63) is 47.4 Å². The van der Waals surface area contributed by atoms with Crippen molar-refractivity contribution in [2.24, 2.45) is 5.92 Å². The first-order valence-corrected chi connectivity index (χ1v) is 13.2. The van der Waals surface area contributed by atoms with E-state index in [2.05, 4.69) is 4.90 Å². The van der Waals surface area contributed by atoms with Crippen molar-refractivity contribution in [1.82, 2.24) is 9.80 Å². The van der Waals surface area contributed by atoms with Gasteiger partial charge in [-0.1, -0.05) is 6.07 Å². The minimum atomic E-state index is -0.923. The molecule has 7 nitrogen and oxygen atoms in total. The maximum atomic E-state index is 13.3. The molecule has 36 heavy (non-hydrogen) atoms. The summed E-state index contributed by atoms with van der Waals surface area (Å²) in [6, 6.07) is 5.56. The Balaban J connectivity index is 0.00000240. The first-order chi connectivity index (χ1) is 16.9. The summed E-state index contributed by atoms with van der Waals surface area (Å²) >= 11 is 0. The lowest BCUT2D eigenvalue weighted by Gasteiger charge is -2.64. The molecule has 3 aliphatic carbocycles. The van der Waals surface area contributed by atoms with Crippen molar-refractivity contribution in [2.75, 3.05) is 20.1 Å². The van der Waals surface area contributed by atoms with Crippen molar-refractivity contribution in [1.29, 1.82) is 0 Å². The van der Waals surface area contributed by atoms with Crippen LogP contribution in [0.2, 0.25) is 0 Å². The number of amides is 1. The molecule has 1 saturated heterocycles. The summed E-state index contributed by atoms with van der Waals surface area (Å²) in [5.41, 5.74) is 1.69. The minimum absolute atomic E-state index is 0. The summed E-state index contributed by atoms with van der Waals surface area (Å²) in [5, 5.41) is 23.3. The summed E-state index contributed by atoms with van der Waals surface area (Å²) in [6.45, 7) is 1.98. The molecule has 1 aromatic heterocycles. The van der Waals surface area contributed by atoms with E-state index in [0.29, 0.717) is 31.4 Å². The smallest absolute Gasteiger partial charge is 0.223 e. The second-order valence-corrected chi connectivity index (χ2v) is 11.5. The third-order valence-electron chi connectivity index (χ3n) is 9.83. The first-order valence-electron chi connectivity index (χ1n) is 13.2. The van der Waals surface area contributed by atoms with Crippen LogP contribution in [0, 0.1) is 5.92 Å². The number of aliphatic hydroxyl groups is 1. The molecule has 5 aliphatic rings. The van der Waals surface area contributed by atoms with Crippen LogP contribution in [0.3, 0.4) is 0 Å². The lowest BCUT2D eigenvalue weighted by atomic mass is 9.48. The summed E-state index contributed by atoms with van der Waals surface area (Å²) in [4.78, 5) is 17.7. The van der Waals surface area contributed by atoms with Crippen LogP contribution in [0.25, 0.3) is 0 Å². The standard InChI is InChI=1S/C28H34N2O5.ClH/c1-29(23(32)7-4-18-9-13-34-16-18)20-8-10-28(33)22-14-19-5-6-21(31)25-24(19)27(28,26(20)35-25)11-12-30(22)15-17-2-3-17;/h5-6,9,13,16-17,20,22,26,31,33H,2-4,7-8,10-12,14-15H2,1H3;1H/t20-,22+,26-,27-,28+;/m0./s1. The molecule has 8 heteroatoms. The number of benzene rings is 1. The third kappa shape index (κ3) is 3.21. The van der Waals surface area contributed by atoms with Crippen molar-refractivity contribution in [3.8, 4) is 11.5 Å². The van der Waals surface area contributed by atoms with Gasteiger partial charge in [-0.05, 0) is 80.7 Å². The Hall–Kier alpha value is -2.22. The van der Waals surface area contributed by atoms with Gasteiger partial charge in [0.15, 0.2) is 11.5 Å². The van der Waals surface area contributed by atoms with E-state index in [1.54, 1.807) is 18.6 Å². The fraction of sp³-hybridized carbons (Fsp3) is 0.607. The summed E-state index contributed by atoms with van der Waals surface area (Å²) in [5.74, 6) is 1.50. The average molecular weight is 515 g/mol. The van der Waals surface area contributed by atoms with Crippen LogP contribution in [0.5, 0.6) is 11.5 Å². The molecule has 2 bridgehead atoms. The fourth-order valence-corrected chi connectivity index (χ4v) is 7.90. The number of phenolic OH excluding ortho intramolecular Hbond substituents is 1. The molecule has 2 aromatic rings. The van der Waals surface area contributed by atoms with Crippen molar-refractivity contribution >= 4 is 18.3 Å². The van der Waals surface area contributed by atoms with Crippen LogP contribution in [-0.4, -0.2) is 69.8 Å². The van der Waals surface area contributed by atoms with Gasteiger partial charge in [0.1, 0.15) is 6.10 Å². The Labute approximate surface area is 217 Å². The van der Waals surface area contributed by atoms with Crippen LogP contribution in [-0.2, 0) is 23.1 Å². The van der Waals surface area contributed by atoms with Crippen LogP contribution in [0.4, 0.5) is 0 Å². The molecule has 2 N–H and O–H groups in total. The number of aryl methyl sites for hydroxylation is 1. The number of ether oxygens (including phenoxy) is 1. The van der Waals surface area contributed by atoms with Gasteiger partial charge in [-0.2, -0.15) is 0 Å². The van der Waals surface area contributed by atoms with Gasteiger partial charge in [-0.3, -0.25) is 9.69 Å². The van der Waals surface area contributed by atoms with E-state index in [4.69, 9.17) is 9.15 Å². The van der Waals surface area contributed by atoms with E-state index in [1.165, 1.54) is 18.4 Å². The molecule has 3 heterocycles. The molecule has 0 radical (unpaired) electrons. The molecule has 2 aliphatic heterocycles. The van der Waals surface area contributed by atoms with Gasteiger partial charge < -0.3 is 24.3 Å². The van der Waals surface area contributed by atoms with Gasteiger partial charge in [0.05, 0.1) is 29.6 Å². The minimum Gasteiger partial charge on any atom is -0.504 e. The lowest BCUT2D eigenvalue weighted by Crippen LogP contribution is -2.78. The number of halogens is 1. The van der Waals surface area contributed by atoms with Gasteiger partial charge >= 0.3 is 0 Å². The zero-order valence-corrected chi connectivity index (χ0v) is 21.5. The molecule has 3 fully saturated rings. The Bertz CT molecular complexity index is 1170. The molecule has 1 aromatic carbocycles. The molecule has 0 unspecified atom stereocenters. The topological polar surface area (TPSA) is 86.4 Å². The Morgan fingerprint density at radius 1 is 1.22 bits per heavy atom. The predicted molar refractivity (Wildman–Crippen MR) is 136 cm³/mol. The lowest BCUT2D eigenvalue weighted by molar-refractivity contribution is -0.200. The van der Waals surface area contributed by atoms with E-state index in [0.717, 1.165) is 43.0 Å². The highest BCUT2D eigenvalue weighted by Crippen LogP contribution is 2.66. The molecule has 7 rings (SSSR count). The maximum absolute atomic E-state index is 13.3. The van der Waals surface area contributed by atoms with Crippen LogP contribution in [0.15, 0.2) is 35.1 Å². The fourth-order valence-electron chi connectivity index (χ4n) is 7.90. The molecule has 1 amide bonds. The zero-order chi connectivity index (χ0) is 23.9. The second-order valence-electron chi connectivity index (χ2n) is 11.5. The largest absolute Gasteiger partial charge is 0.504 e. The van der Waals surface area contributed by atoms with Gasteiger partial charge in [-0.25, -0.2) is 0 Å². The van der Waals surface area contributed by atoms with Gasteiger partial charge in [0.2, 0.25) is 5.91 Å². The summed E-state index contributed by atoms with van der Waals surface area (Å²) < 4.78 is 11.7. The number of phenols is 1. The van der Waals surface area contributed by atoms with E-state index in [-0.39, 0.29) is 42.3 Å². The molecule has 2 saturated carbocycles. The Morgan fingerprint density at radius 3 is 2.81 bits per heavy atom. The number of nitrogens with zero attached hydrogens (tertiary/aromatic N) is 2. The van der Waals surface area contributed by atoms with Gasteiger partial charge in [-0.15, -0.1) is 12.4 Å². The number of likely N-dealkylation sites (N-methyl/N-ethyl adjacent to an activating group) is 1. The number of hydrogen-bond acceptors (Lipinski definition) is 6. The second kappa shape index (κ2) is 8.40. The van der Waals surface area contributed by atoms with E-state index < -0.39 is 11.0 Å². The highest BCUT2D eigenvalue weighted by molar-refractivity contribution is 5.85. The number of carbonyl (C=O) groups is 1. The molecule has 194 valence electrons. The van der Waals surface area contributed by atoms with Gasteiger partial charge in [0.25, 0.3) is 0 Å². The number of piperidine rings is 1. The Kier molecular flexibility index (Phi) is 5.63. The predicted octanol–water partition coefficient (Wildman–Crippen LogP) is 3.43. The third-order valence-corrected chi connectivity index (χ3v) is 9.83. The normalized spacial score (nSPS) is 33.9. The van der Waals surface area contributed by atoms with E-state index >= 15 is 0 Å². The van der Waals surface area contributed by atoms with Crippen molar-refractivity contribution in [3.63, 3.8) is 0 Å². The number of aromatic hydroxyl groups is 1. The number of likely N-dealkylation sites (tertiary alicyclic amines) is 1. The van der Waals surface area contributed by atoms with Crippen molar-refractivity contribution in [2.45, 2.75) is 80.6 Å². The maximum Gasteiger partial charge on any atom is 0.223 e. The Morgan fingerprint density at radius 2 is 2.06 bits per heavy atom. The van der Waals surface area contributed by atoms with Crippen LogP contribution in [0.1, 0.15) is 55.2 Å². The molecule has 5 atom stereocenters. The number of rotatable bonds is 6. The quantitative estimate of drug-likeness (QED) is 0.614. The zero-order valence-electron chi connectivity index (χ0n) is 20.7. The number of furan rings is 1. The highest BCUT2D eigenvalue weighted by Gasteiger charge is 2.73. The van der Waals surface area contributed by atoms with E-state index in [1.807, 2.05) is 24.1 Å².